The Balaban J connectivity index is 1.83. The standard InChI is InChI=1S/C15H18ClN5/c1-9(11-4-2-3-5-12(11)16)18-13-8-14(21-17)20-15(19-13)10-6-7-10/h2-5,8-10H,6-7,17H2,1H3,(H2,18,19,20,21). The Hall–Kier alpha value is -1.85. The van der Waals surface area contributed by atoms with Crippen LogP contribution >= 0.6 is 11.6 Å². The van der Waals surface area contributed by atoms with Crippen molar-refractivity contribution in [1.29, 1.82) is 0 Å². The highest BCUT2D eigenvalue weighted by Crippen LogP contribution is 2.39. The average Bonchev–Trinajstić information content (AvgIpc) is 3.32. The topological polar surface area (TPSA) is 75.9 Å². The lowest BCUT2D eigenvalue weighted by atomic mass is 10.1. The molecule has 5 nitrogen and oxygen atoms in total. The first-order valence-corrected chi connectivity index (χ1v) is 7.41. The number of hydrogen-bond donors (Lipinski definition) is 3. The molecule has 1 aromatic carbocycles. The molecule has 0 spiro atoms. The van der Waals surface area contributed by atoms with Crippen LogP contribution in [0.1, 0.15) is 43.1 Å². The van der Waals surface area contributed by atoms with E-state index in [0.29, 0.717) is 11.7 Å². The van der Waals surface area contributed by atoms with Gasteiger partial charge in [0.05, 0.1) is 6.04 Å². The molecular formula is C15H18ClN5. The highest BCUT2D eigenvalue weighted by molar-refractivity contribution is 6.31. The van der Waals surface area contributed by atoms with Gasteiger partial charge in [-0.2, -0.15) is 0 Å². The molecule has 1 aromatic heterocycles. The van der Waals surface area contributed by atoms with Crippen molar-refractivity contribution in [3.8, 4) is 0 Å². The first kappa shape index (κ1) is 14.1. The van der Waals surface area contributed by atoms with Gasteiger partial charge in [-0.05, 0) is 31.4 Å². The van der Waals surface area contributed by atoms with E-state index >= 15 is 0 Å². The largest absolute Gasteiger partial charge is 0.363 e. The van der Waals surface area contributed by atoms with Gasteiger partial charge >= 0.3 is 0 Å². The van der Waals surface area contributed by atoms with Crippen molar-refractivity contribution in [1.82, 2.24) is 9.97 Å². The molecule has 1 heterocycles. The molecule has 2 aromatic rings. The van der Waals surface area contributed by atoms with Crippen LogP contribution in [0.2, 0.25) is 5.02 Å². The van der Waals surface area contributed by atoms with E-state index in [1.807, 2.05) is 24.3 Å². The first-order chi connectivity index (χ1) is 10.2. The van der Waals surface area contributed by atoms with Crippen molar-refractivity contribution in [2.24, 2.45) is 5.84 Å². The normalized spacial score (nSPS) is 15.6. The van der Waals surface area contributed by atoms with Crippen molar-refractivity contribution in [2.75, 3.05) is 10.7 Å². The van der Waals surface area contributed by atoms with E-state index in [2.05, 4.69) is 27.6 Å². The van der Waals surface area contributed by atoms with Crippen LogP contribution in [0.3, 0.4) is 0 Å². The molecule has 1 aliphatic carbocycles. The number of nitrogens with one attached hydrogen (secondary N) is 2. The number of hydrazine groups is 1. The first-order valence-electron chi connectivity index (χ1n) is 7.04. The Kier molecular flexibility index (Phi) is 3.94. The second kappa shape index (κ2) is 5.87. The minimum Gasteiger partial charge on any atom is -0.363 e. The van der Waals surface area contributed by atoms with E-state index in [4.69, 9.17) is 17.4 Å². The molecule has 1 unspecified atom stereocenters. The van der Waals surface area contributed by atoms with Gasteiger partial charge in [-0.3, -0.25) is 0 Å². The van der Waals surface area contributed by atoms with E-state index in [-0.39, 0.29) is 6.04 Å². The summed E-state index contributed by atoms with van der Waals surface area (Å²) in [4.78, 5) is 8.98. The number of rotatable bonds is 5. The van der Waals surface area contributed by atoms with Gasteiger partial charge in [0.1, 0.15) is 17.5 Å². The molecule has 3 rings (SSSR count). The molecule has 21 heavy (non-hydrogen) atoms. The average molecular weight is 304 g/mol. The van der Waals surface area contributed by atoms with Gasteiger partial charge in [0.15, 0.2) is 0 Å². The smallest absolute Gasteiger partial charge is 0.145 e. The lowest BCUT2D eigenvalue weighted by Gasteiger charge is -2.17. The predicted molar refractivity (Wildman–Crippen MR) is 85.3 cm³/mol. The Labute approximate surface area is 128 Å². The highest BCUT2D eigenvalue weighted by Gasteiger charge is 2.27. The number of aromatic nitrogens is 2. The fraction of sp³-hybridized carbons (Fsp3) is 0.333. The van der Waals surface area contributed by atoms with Crippen molar-refractivity contribution in [2.45, 2.75) is 31.7 Å². The molecule has 0 aliphatic heterocycles. The van der Waals surface area contributed by atoms with Crippen LogP contribution in [0.5, 0.6) is 0 Å². The zero-order valence-electron chi connectivity index (χ0n) is 11.8. The summed E-state index contributed by atoms with van der Waals surface area (Å²) in [5.74, 6) is 8.18. The summed E-state index contributed by atoms with van der Waals surface area (Å²) in [6.45, 7) is 2.05. The minimum absolute atomic E-state index is 0.0475. The fourth-order valence-electron chi connectivity index (χ4n) is 2.26. The van der Waals surface area contributed by atoms with Crippen LogP contribution < -0.4 is 16.6 Å². The van der Waals surface area contributed by atoms with Gasteiger partial charge in [-0.15, -0.1) is 0 Å². The Bertz CT molecular complexity index is 642. The molecule has 0 radical (unpaired) electrons. The maximum atomic E-state index is 6.23. The van der Waals surface area contributed by atoms with Gasteiger partial charge in [-0.1, -0.05) is 29.8 Å². The van der Waals surface area contributed by atoms with Crippen LogP contribution in [-0.4, -0.2) is 9.97 Å². The molecule has 4 N–H and O–H groups in total. The maximum Gasteiger partial charge on any atom is 0.145 e. The molecule has 1 aliphatic rings. The molecule has 110 valence electrons. The quantitative estimate of drug-likeness (QED) is 0.582. The lowest BCUT2D eigenvalue weighted by molar-refractivity contribution is 0.854. The van der Waals surface area contributed by atoms with Gasteiger partial charge < -0.3 is 10.7 Å². The second-order valence-electron chi connectivity index (χ2n) is 5.30. The van der Waals surface area contributed by atoms with Crippen LogP contribution in [-0.2, 0) is 0 Å². The van der Waals surface area contributed by atoms with Gasteiger partial charge in [0, 0.05) is 17.0 Å². The maximum absolute atomic E-state index is 6.23. The monoisotopic (exact) mass is 303 g/mol. The van der Waals surface area contributed by atoms with Gasteiger partial charge in [-0.25, -0.2) is 15.8 Å². The van der Waals surface area contributed by atoms with Gasteiger partial charge in [0.25, 0.3) is 0 Å². The summed E-state index contributed by atoms with van der Waals surface area (Å²) in [5, 5.41) is 4.11. The minimum atomic E-state index is 0.0475. The molecular weight excluding hydrogens is 286 g/mol. The number of halogens is 1. The summed E-state index contributed by atoms with van der Waals surface area (Å²) in [5.41, 5.74) is 3.63. The molecule has 0 bridgehead atoms. The lowest BCUT2D eigenvalue weighted by Crippen LogP contribution is -2.13. The molecule has 1 saturated carbocycles. The Morgan fingerprint density at radius 2 is 1.95 bits per heavy atom. The number of nitrogen functional groups attached to an aromatic ring is 1. The number of anilines is 2. The van der Waals surface area contributed by atoms with E-state index in [9.17, 15) is 0 Å². The summed E-state index contributed by atoms with van der Waals surface area (Å²) in [6, 6.07) is 9.64. The molecule has 1 atom stereocenters. The predicted octanol–water partition coefficient (Wildman–Crippen LogP) is 3.47. The van der Waals surface area contributed by atoms with Crippen molar-refractivity contribution >= 4 is 23.2 Å². The van der Waals surface area contributed by atoms with Crippen molar-refractivity contribution in [3.05, 3.63) is 46.7 Å². The van der Waals surface area contributed by atoms with Crippen LogP contribution in [0.25, 0.3) is 0 Å². The zero-order valence-corrected chi connectivity index (χ0v) is 12.6. The Morgan fingerprint density at radius 1 is 1.24 bits per heavy atom. The zero-order chi connectivity index (χ0) is 14.8. The van der Waals surface area contributed by atoms with Gasteiger partial charge in [0.2, 0.25) is 0 Å². The number of nitrogens with two attached hydrogens (primary N) is 1. The third-order valence-electron chi connectivity index (χ3n) is 3.57. The molecule has 1 fully saturated rings. The molecule has 6 heteroatoms. The highest BCUT2D eigenvalue weighted by atomic mass is 35.5. The van der Waals surface area contributed by atoms with E-state index in [0.717, 1.165) is 35.1 Å². The van der Waals surface area contributed by atoms with Crippen LogP contribution in [0.4, 0.5) is 11.6 Å². The van der Waals surface area contributed by atoms with Crippen LogP contribution in [0.15, 0.2) is 30.3 Å². The third kappa shape index (κ3) is 3.25. The van der Waals surface area contributed by atoms with E-state index in [1.165, 1.54) is 0 Å². The number of nitrogens with zero attached hydrogens (tertiary/aromatic N) is 2. The molecule has 0 amide bonds. The Morgan fingerprint density at radius 3 is 2.62 bits per heavy atom. The van der Waals surface area contributed by atoms with E-state index in [1.54, 1.807) is 6.07 Å². The summed E-state index contributed by atoms with van der Waals surface area (Å²) in [7, 11) is 0. The fourth-order valence-corrected chi connectivity index (χ4v) is 2.56. The summed E-state index contributed by atoms with van der Waals surface area (Å²) >= 11 is 6.23. The van der Waals surface area contributed by atoms with E-state index < -0.39 is 0 Å². The second-order valence-corrected chi connectivity index (χ2v) is 5.71. The third-order valence-corrected chi connectivity index (χ3v) is 3.91. The van der Waals surface area contributed by atoms with Crippen LogP contribution in [0, 0.1) is 0 Å². The molecule has 0 saturated heterocycles. The SMILES string of the molecule is CC(Nc1cc(NN)nc(C2CC2)n1)c1ccccc1Cl. The summed E-state index contributed by atoms with van der Waals surface area (Å²) in [6.07, 6.45) is 2.29. The number of benzene rings is 1. The van der Waals surface area contributed by atoms with Crippen molar-refractivity contribution in [3.63, 3.8) is 0 Å². The number of hydrogen-bond acceptors (Lipinski definition) is 5. The summed E-state index contributed by atoms with van der Waals surface area (Å²) < 4.78 is 0. The van der Waals surface area contributed by atoms with Crippen molar-refractivity contribution < 1.29 is 0 Å².